The van der Waals surface area contributed by atoms with E-state index in [1.54, 1.807) is 6.07 Å². The van der Waals surface area contributed by atoms with Crippen molar-refractivity contribution >= 4 is 0 Å². The highest BCUT2D eigenvalue weighted by molar-refractivity contribution is 5.57. The van der Waals surface area contributed by atoms with E-state index in [9.17, 15) is 8.78 Å². The minimum absolute atomic E-state index is 0.143. The Morgan fingerprint density at radius 3 is 2.53 bits per heavy atom. The van der Waals surface area contributed by atoms with E-state index in [4.69, 9.17) is 4.42 Å². The average molecular weight is 265 g/mol. The molecule has 1 atom stereocenters. The molecule has 1 aromatic carbocycles. The summed E-state index contributed by atoms with van der Waals surface area (Å²) in [5, 5.41) is 3.31. The van der Waals surface area contributed by atoms with Gasteiger partial charge >= 0.3 is 0 Å². The first-order chi connectivity index (χ1) is 9.15. The fourth-order valence-corrected chi connectivity index (χ4v) is 2.04. The Balaban J connectivity index is 2.27. The number of hydrogen-bond donors (Lipinski definition) is 1. The first kappa shape index (κ1) is 13.7. The Bertz CT molecular complexity index is 551. The maximum Gasteiger partial charge on any atom is 0.159 e. The Kier molecular flexibility index (Phi) is 4.32. The third-order valence-corrected chi connectivity index (χ3v) is 3.03. The smallest absolute Gasteiger partial charge is 0.159 e. The van der Waals surface area contributed by atoms with Crippen molar-refractivity contribution in [2.45, 2.75) is 26.3 Å². The molecule has 4 heteroatoms. The van der Waals surface area contributed by atoms with Gasteiger partial charge in [-0.1, -0.05) is 13.8 Å². The van der Waals surface area contributed by atoms with Crippen LogP contribution in [-0.2, 0) is 0 Å². The Morgan fingerprint density at radius 2 is 1.89 bits per heavy atom. The molecular formula is C15H17F2NO. The highest BCUT2D eigenvalue weighted by Crippen LogP contribution is 2.27. The van der Waals surface area contributed by atoms with E-state index in [0.29, 0.717) is 11.3 Å². The second-order valence-corrected chi connectivity index (χ2v) is 4.35. The molecular weight excluding hydrogens is 248 g/mol. The zero-order chi connectivity index (χ0) is 13.8. The van der Waals surface area contributed by atoms with Crippen LogP contribution in [0.4, 0.5) is 8.78 Å². The van der Waals surface area contributed by atoms with Gasteiger partial charge in [0.15, 0.2) is 11.6 Å². The molecule has 0 saturated carbocycles. The van der Waals surface area contributed by atoms with Crippen molar-refractivity contribution < 1.29 is 13.2 Å². The molecule has 1 aromatic heterocycles. The van der Waals surface area contributed by atoms with Crippen LogP contribution in [0.15, 0.2) is 34.7 Å². The summed E-state index contributed by atoms with van der Waals surface area (Å²) < 4.78 is 31.8. The highest BCUT2D eigenvalue weighted by Gasteiger charge is 2.14. The maximum atomic E-state index is 13.2. The van der Waals surface area contributed by atoms with Gasteiger partial charge in [0, 0.05) is 5.56 Å². The van der Waals surface area contributed by atoms with Crippen LogP contribution in [0.5, 0.6) is 0 Å². The fourth-order valence-electron chi connectivity index (χ4n) is 2.04. The summed E-state index contributed by atoms with van der Waals surface area (Å²) in [6.45, 7) is 4.94. The van der Waals surface area contributed by atoms with Crippen LogP contribution >= 0.6 is 0 Å². The van der Waals surface area contributed by atoms with Crippen LogP contribution < -0.4 is 5.32 Å². The molecule has 1 heterocycles. The zero-order valence-electron chi connectivity index (χ0n) is 11.0. The van der Waals surface area contributed by atoms with E-state index >= 15 is 0 Å². The molecule has 2 nitrogen and oxygen atoms in total. The number of nitrogens with one attached hydrogen (secondary N) is 1. The molecule has 0 aliphatic heterocycles. The summed E-state index contributed by atoms with van der Waals surface area (Å²) in [6, 6.07) is 7.55. The van der Waals surface area contributed by atoms with E-state index in [1.165, 1.54) is 6.07 Å². The van der Waals surface area contributed by atoms with Gasteiger partial charge in [-0.3, -0.25) is 0 Å². The lowest BCUT2D eigenvalue weighted by Gasteiger charge is -2.12. The Morgan fingerprint density at radius 1 is 1.11 bits per heavy atom. The largest absolute Gasteiger partial charge is 0.459 e. The van der Waals surface area contributed by atoms with E-state index in [-0.39, 0.29) is 6.04 Å². The predicted molar refractivity (Wildman–Crippen MR) is 70.8 cm³/mol. The van der Waals surface area contributed by atoms with Crippen molar-refractivity contribution in [3.8, 4) is 11.3 Å². The molecule has 0 aliphatic carbocycles. The lowest BCUT2D eigenvalue weighted by atomic mass is 10.1. The number of benzene rings is 1. The van der Waals surface area contributed by atoms with Crippen LogP contribution in [0.2, 0.25) is 0 Å². The molecule has 0 bridgehead atoms. The second kappa shape index (κ2) is 5.97. The van der Waals surface area contributed by atoms with Gasteiger partial charge in [-0.15, -0.1) is 0 Å². The summed E-state index contributed by atoms with van der Waals surface area (Å²) in [7, 11) is 0. The van der Waals surface area contributed by atoms with Crippen molar-refractivity contribution in [1.82, 2.24) is 5.32 Å². The van der Waals surface area contributed by atoms with Crippen LogP contribution in [0.3, 0.4) is 0 Å². The van der Waals surface area contributed by atoms with Crippen LogP contribution in [0.25, 0.3) is 11.3 Å². The van der Waals surface area contributed by atoms with E-state index < -0.39 is 11.6 Å². The van der Waals surface area contributed by atoms with Crippen LogP contribution in [0, 0.1) is 11.6 Å². The highest BCUT2D eigenvalue weighted by atomic mass is 19.2. The standard InChI is InChI=1S/C15H17F2NO/c1-3-13(18-4-2)15-8-7-14(19-15)10-5-6-11(16)12(17)9-10/h5-9,13,18H,3-4H2,1-2H3. The van der Waals surface area contributed by atoms with Gasteiger partial charge < -0.3 is 9.73 Å². The average Bonchev–Trinajstić information content (AvgIpc) is 2.88. The molecule has 1 unspecified atom stereocenters. The number of furan rings is 1. The first-order valence-electron chi connectivity index (χ1n) is 6.44. The molecule has 0 fully saturated rings. The van der Waals surface area contributed by atoms with Gasteiger partial charge in [0.1, 0.15) is 11.5 Å². The van der Waals surface area contributed by atoms with Crippen molar-refractivity contribution in [2.75, 3.05) is 6.54 Å². The topological polar surface area (TPSA) is 25.2 Å². The molecule has 1 N–H and O–H groups in total. The molecule has 0 saturated heterocycles. The Labute approximate surface area is 111 Å². The van der Waals surface area contributed by atoms with Crippen molar-refractivity contribution in [3.63, 3.8) is 0 Å². The van der Waals surface area contributed by atoms with E-state index in [2.05, 4.69) is 12.2 Å². The normalized spacial score (nSPS) is 12.6. The second-order valence-electron chi connectivity index (χ2n) is 4.35. The van der Waals surface area contributed by atoms with Gasteiger partial charge in [0.05, 0.1) is 6.04 Å². The predicted octanol–water partition coefficient (Wildman–Crippen LogP) is 4.29. The summed E-state index contributed by atoms with van der Waals surface area (Å²) in [5.74, 6) is -0.363. The third kappa shape index (κ3) is 3.01. The summed E-state index contributed by atoms with van der Waals surface area (Å²) in [6.07, 6.45) is 0.901. The number of rotatable bonds is 5. The molecule has 19 heavy (non-hydrogen) atoms. The Hall–Kier alpha value is -1.68. The summed E-state index contributed by atoms with van der Waals surface area (Å²) >= 11 is 0. The van der Waals surface area contributed by atoms with Crippen molar-refractivity contribution in [2.24, 2.45) is 0 Å². The van der Waals surface area contributed by atoms with Gasteiger partial charge in [0.25, 0.3) is 0 Å². The van der Waals surface area contributed by atoms with Crippen LogP contribution in [-0.4, -0.2) is 6.54 Å². The SMILES string of the molecule is CCNC(CC)c1ccc(-c2ccc(F)c(F)c2)o1. The monoisotopic (exact) mass is 265 g/mol. The lowest BCUT2D eigenvalue weighted by molar-refractivity contribution is 0.417. The fraction of sp³-hybridized carbons (Fsp3) is 0.333. The summed E-state index contributed by atoms with van der Waals surface area (Å²) in [4.78, 5) is 0. The minimum atomic E-state index is -0.867. The third-order valence-electron chi connectivity index (χ3n) is 3.03. The zero-order valence-corrected chi connectivity index (χ0v) is 11.0. The molecule has 0 spiro atoms. The van der Waals surface area contributed by atoms with Crippen molar-refractivity contribution in [1.29, 1.82) is 0 Å². The maximum absolute atomic E-state index is 13.2. The summed E-state index contributed by atoms with van der Waals surface area (Å²) in [5.41, 5.74) is 0.538. The molecule has 102 valence electrons. The van der Waals surface area contributed by atoms with Crippen molar-refractivity contribution in [3.05, 3.63) is 47.7 Å². The van der Waals surface area contributed by atoms with Gasteiger partial charge in [-0.2, -0.15) is 0 Å². The van der Waals surface area contributed by atoms with E-state index in [0.717, 1.165) is 30.9 Å². The van der Waals surface area contributed by atoms with Gasteiger partial charge in [0.2, 0.25) is 0 Å². The van der Waals surface area contributed by atoms with Gasteiger partial charge in [-0.25, -0.2) is 8.78 Å². The van der Waals surface area contributed by atoms with Crippen LogP contribution in [0.1, 0.15) is 32.1 Å². The first-order valence-corrected chi connectivity index (χ1v) is 6.44. The molecule has 2 aromatic rings. The minimum Gasteiger partial charge on any atom is -0.459 e. The number of halogens is 2. The molecule has 0 amide bonds. The molecule has 0 aliphatic rings. The molecule has 0 radical (unpaired) electrons. The van der Waals surface area contributed by atoms with Gasteiger partial charge in [-0.05, 0) is 43.3 Å². The van der Waals surface area contributed by atoms with E-state index in [1.807, 2.05) is 13.0 Å². The lowest BCUT2D eigenvalue weighted by Crippen LogP contribution is -2.19. The number of hydrogen-bond acceptors (Lipinski definition) is 2. The molecule has 2 rings (SSSR count). The quantitative estimate of drug-likeness (QED) is 0.872.